The largest absolute Gasteiger partial charge is 0.497 e. The fourth-order valence-electron chi connectivity index (χ4n) is 1.96. The van der Waals surface area contributed by atoms with Gasteiger partial charge in [0.1, 0.15) is 11.5 Å². The minimum atomic E-state index is -0.0126. The smallest absolute Gasteiger partial charge is 0.206 e. The molecule has 0 atom stereocenters. The molecule has 0 saturated heterocycles. The Balaban J connectivity index is 1.61. The van der Waals surface area contributed by atoms with Gasteiger partial charge in [-0.15, -0.1) is 10.2 Å². The van der Waals surface area contributed by atoms with E-state index in [2.05, 4.69) is 15.5 Å². The number of nitrogens with zero attached hydrogens (tertiary/aromatic N) is 2. The maximum absolute atomic E-state index is 12.4. The normalized spacial score (nSPS) is 13.7. The predicted molar refractivity (Wildman–Crippen MR) is 91.2 cm³/mol. The van der Waals surface area contributed by atoms with Crippen LogP contribution in [0, 0.1) is 0 Å². The number of benzene rings is 1. The van der Waals surface area contributed by atoms with Gasteiger partial charge in [0.25, 0.3) is 0 Å². The van der Waals surface area contributed by atoms with E-state index in [4.69, 9.17) is 9.47 Å². The fraction of sp³-hybridized carbons (Fsp3) is 0.400. The Kier molecular flexibility index (Phi) is 5.02. The summed E-state index contributed by atoms with van der Waals surface area (Å²) in [6.07, 6.45) is 2.38. The lowest BCUT2D eigenvalue weighted by Gasteiger charge is -2.09. The van der Waals surface area contributed by atoms with E-state index < -0.39 is 0 Å². The Hall–Kier alpha value is -1.80. The second-order valence-corrected chi connectivity index (χ2v) is 7.27. The molecule has 1 aliphatic rings. The van der Waals surface area contributed by atoms with Gasteiger partial charge in [-0.1, -0.05) is 23.1 Å². The zero-order chi connectivity index (χ0) is 16.2. The highest BCUT2D eigenvalue weighted by Crippen LogP contribution is 2.31. The maximum atomic E-state index is 12.4. The summed E-state index contributed by atoms with van der Waals surface area (Å²) in [6.45, 7) is 0. The van der Waals surface area contributed by atoms with Gasteiger partial charge in [0, 0.05) is 12.1 Å². The summed E-state index contributed by atoms with van der Waals surface area (Å²) in [7, 11) is 3.12. The third-order valence-electron chi connectivity index (χ3n) is 3.35. The Morgan fingerprint density at radius 2 is 2.17 bits per heavy atom. The zero-order valence-corrected chi connectivity index (χ0v) is 14.5. The van der Waals surface area contributed by atoms with Crippen molar-refractivity contribution in [2.75, 3.05) is 25.3 Å². The molecular weight excluding hydrogens is 334 g/mol. The lowest BCUT2D eigenvalue weighted by atomic mass is 10.1. The highest BCUT2D eigenvalue weighted by Gasteiger charge is 2.22. The highest BCUT2D eigenvalue weighted by atomic mass is 32.2. The van der Waals surface area contributed by atoms with Crippen molar-refractivity contribution in [3.05, 3.63) is 23.8 Å². The molecule has 1 aliphatic carbocycles. The van der Waals surface area contributed by atoms with Gasteiger partial charge in [-0.2, -0.15) is 0 Å². The molecule has 0 bridgehead atoms. The number of carbonyl (C=O) groups is 1. The standard InChI is InChI=1S/C15H17N3O3S2/c1-20-10-5-6-11(13(7-10)21-2)12(19)8-22-15-18-17-14(23-15)16-9-3-4-9/h5-7,9H,3-4,8H2,1-2H3,(H,16,17). The van der Waals surface area contributed by atoms with Crippen LogP contribution in [0.15, 0.2) is 22.5 Å². The molecule has 1 aromatic carbocycles. The number of rotatable bonds is 8. The molecule has 6 nitrogen and oxygen atoms in total. The van der Waals surface area contributed by atoms with Crippen molar-refractivity contribution in [3.63, 3.8) is 0 Å². The number of hydrogen-bond acceptors (Lipinski definition) is 8. The number of anilines is 1. The Morgan fingerprint density at radius 3 is 2.87 bits per heavy atom. The van der Waals surface area contributed by atoms with Gasteiger partial charge in [-0.3, -0.25) is 4.79 Å². The van der Waals surface area contributed by atoms with Gasteiger partial charge in [-0.05, 0) is 25.0 Å². The first kappa shape index (κ1) is 16.1. The van der Waals surface area contributed by atoms with Gasteiger partial charge in [0.15, 0.2) is 10.1 Å². The molecule has 1 saturated carbocycles. The third-order valence-corrected chi connectivity index (χ3v) is 5.34. The van der Waals surface area contributed by atoms with Crippen LogP contribution in [0.25, 0.3) is 0 Å². The summed E-state index contributed by atoms with van der Waals surface area (Å²) in [4.78, 5) is 12.4. The zero-order valence-electron chi connectivity index (χ0n) is 12.9. The van der Waals surface area contributed by atoms with Crippen LogP contribution in [0.2, 0.25) is 0 Å². The molecular formula is C15H17N3O3S2. The Morgan fingerprint density at radius 1 is 1.35 bits per heavy atom. The van der Waals surface area contributed by atoms with Gasteiger partial charge in [0.2, 0.25) is 5.13 Å². The van der Waals surface area contributed by atoms with Crippen LogP contribution >= 0.6 is 23.1 Å². The van der Waals surface area contributed by atoms with E-state index in [0.29, 0.717) is 28.9 Å². The molecule has 1 N–H and O–H groups in total. The van der Waals surface area contributed by atoms with Crippen LogP contribution in [-0.2, 0) is 0 Å². The second kappa shape index (κ2) is 7.18. The molecule has 1 fully saturated rings. The second-order valence-electron chi connectivity index (χ2n) is 5.07. The monoisotopic (exact) mass is 351 g/mol. The topological polar surface area (TPSA) is 73.3 Å². The molecule has 0 radical (unpaired) electrons. The molecule has 2 aromatic rings. The molecule has 1 aromatic heterocycles. The Bertz CT molecular complexity index is 701. The number of aromatic nitrogens is 2. The SMILES string of the molecule is COc1ccc(C(=O)CSc2nnc(NC3CC3)s2)c(OC)c1. The van der Waals surface area contributed by atoms with Crippen LogP contribution in [0.1, 0.15) is 23.2 Å². The maximum Gasteiger partial charge on any atom is 0.206 e. The van der Waals surface area contributed by atoms with Crippen LogP contribution in [-0.4, -0.2) is 42.0 Å². The first-order chi connectivity index (χ1) is 11.2. The number of thioether (sulfide) groups is 1. The number of methoxy groups -OCH3 is 2. The van der Waals surface area contributed by atoms with E-state index in [1.54, 1.807) is 32.4 Å². The van der Waals surface area contributed by atoms with Crippen molar-refractivity contribution in [3.8, 4) is 11.5 Å². The van der Waals surface area contributed by atoms with Crippen molar-refractivity contribution < 1.29 is 14.3 Å². The van der Waals surface area contributed by atoms with Crippen molar-refractivity contribution in [2.45, 2.75) is 23.2 Å². The van der Waals surface area contributed by atoms with E-state index in [1.807, 2.05) is 0 Å². The predicted octanol–water partition coefficient (Wildman–Crippen LogP) is 3.10. The fourth-order valence-corrected chi connectivity index (χ4v) is 3.67. The summed E-state index contributed by atoms with van der Waals surface area (Å²) in [5.41, 5.74) is 0.543. The van der Waals surface area contributed by atoms with Crippen molar-refractivity contribution >= 4 is 34.0 Å². The quantitative estimate of drug-likeness (QED) is 0.578. The van der Waals surface area contributed by atoms with Crippen LogP contribution < -0.4 is 14.8 Å². The molecule has 0 spiro atoms. The molecule has 3 rings (SSSR count). The van der Waals surface area contributed by atoms with Crippen LogP contribution in [0.3, 0.4) is 0 Å². The minimum Gasteiger partial charge on any atom is -0.497 e. The third kappa shape index (κ3) is 4.14. The van der Waals surface area contributed by atoms with E-state index in [9.17, 15) is 4.79 Å². The number of ketones is 1. The Labute approximate surface area is 142 Å². The summed E-state index contributed by atoms with van der Waals surface area (Å²) >= 11 is 2.87. The number of nitrogens with one attached hydrogen (secondary N) is 1. The molecule has 0 aliphatic heterocycles. The molecule has 8 heteroatoms. The van der Waals surface area contributed by atoms with Crippen molar-refractivity contribution in [1.82, 2.24) is 10.2 Å². The number of ether oxygens (including phenoxy) is 2. The minimum absolute atomic E-state index is 0.0126. The molecule has 1 heterocycles. The summed E-state index contributed by atoms with van der Waals surface area (Å²) in [5, 5.41) is 12.3. The lowest BCUT2D eigenvalue weighted by Crippen LogP contribution is -2.05. The van der Waals surface area contributed by atoms with Crippen molar-refractivity contribution in [2.24, 2.45) is 0 Å². The first-order valence-electron chi connectivity index (χ1n) is 7.17. The van der Waals surface area contributed by atoms with Gasteiger partial charge >= 0.3 is 0 Å². The van der Waals surface area contributed by atoms with Gasteiger partial charge in [0.05, 0.1) is 25.5 Å². The van der Waals surface area contributed by atoms with Gasteiger partial charge < -0.3 is 14.8 Å². The molecule has 23 heavy (non-hydrogen) atoms. The van der Waals surface area contributed by atoms with E-state index >= 15 is 0 Å². The van der Waals surface area contributed by atoms with Crippen molar-refractivity contribution in [1.29, 1.82) is 0 Å². The summed E-state index contributed by atoms with van der Waals surface area (Å²) < 4.78 is 11.2. The average Bonchev–Trinajstić information content (AvgIpc) is 3.28. The van der Waals surface area contributed by atoms with E-state index in [0.717, 1.165) is 9.47 Å². The van der Waals surface area contributed by atoms with Crippen LogP contribution in [0.5, 0.6) is 11.5 Å². The lowest BCUT2D eigenvalue weighted by molar-refractivity contribution is 0.101. The average molecular weight is 351 g/mol. The highest BCUT2D eigenvalue weighted by molar-refractivity contribution is 8.01. The first-order valence-corrected chi connectivity index (χ1v) is 8.98. The molecule has 122 valence electrons. The summed E-state index contributed by atoms with van der Waals surface area (Å²) in [6, 6.07) is 5.73. The number of Topliss-reactive ketones (excluding diaryl/α,β-unsaturated/α-hetero) is 1. The molecule has 0 unspecified atom stereocenters. The number of hydrogen-bond donors (Lipinski definition) is 1. The summed E-state index contributed by atoms with van der Waals surface area (Å²) in [5.74, 6) is 1.46. The van der Waals surface area contributed by atoms with E-state index in [1.165, 1.54) is 35.9 Å². The molecule has 0 amide bonds. The van der Waals surface area contributed by atoms with Gasteiger partial charge in [-0.25, -0.2) is 0 Å². The van der Waals surface area contributed by atoms with E-state index in [-0.39, 0.29) is 5.78 Å². The number of carbonyl (C=O) groups excluding carboxylic acids is 1. The van der Waals surface area contributed by atoms with Crippen LogP contribution in [0.4, 0.5) is 5.13 Å².